The second-order valence-electron chi connectivity index (χ2n) is 6.57. The van der Waals surface area contributed by atoms with E-state index in [1.165, 1.54) is 28.6 Å². The molecule has 0 aliphatic carbocycles. The minimum atomic E-state index is -0.436. The summed E-state index contributed by atoms with van der Waals surface area (Å²) in [6.07, 6.45) is 0. The third kappa shape index (κ3) is 5.10. The first kappa shape index (κ1) is 21.5. The number of thioether (sulfide) groups is 1. The van der Waals surface area contributed by atoms with Crippen LogP contribution in [0.25, 0.3) is 16.8 Å². The highest BCUT2D eigenvalue weighted by molar-refractivity contribution is 7.99. The van der Waals surface area contributed by atoms with E-state index in [1.54, 1.807) is 48.5 Å². The predicted molar refractivity (Wildman–Crippen MR) is 122 cm³/mol. The van der Waals surface area contributed by atoms with Crippen molar-refractivity contribution in [3.63, 3.8) is 0 Å². The number of nitro benzene ring substituents is 1. The van der Waals surface area contributed by atoms with E-state index in [0.717, 1.165) is 16.8 Å². The van der Waals surface area contributed by atoms with Gasteiger partial charge in [-0.25, -0.2) is 0 Å². The molecule has 0 unspecified atom stereocenters. The highest BCUT2D eigenvalue weighted by Gasteiger charge is 2.12. The standard InChI is InChI=1S/C21H15ClN6O3S/c22-16-5-11-18(12-6-16)27-21(24-25-26-27)32-13-20(29)23-17-7-1-14(2-8-17)15-3-9-19(10-4-15)28(30)31/h1-12H,13H2,(H,23,29). The lowest BCUT2D eigenvalue weighted by molar-refractivity contribution is -0.384. The fourth-order valence-electron chi connectivity index (χ4n) is 2.86. The number of halogens is 1. The van der Waals surface area contributed by atoms with Gasteiger partial charge in [-0.05, 0) is 70.1 Å². The summed E-state index contributed by atoms with van der Waals surface area (Å²) < 4.78 is 1.53. The summed E-state index contributed by atoms with van der Waals surface area (Å²) in [5, 5.41) is 26.3. The first-order chi connectivity index (χ1) is 15.5. The quantitative estimate of drug-likeness (QED) is 0.240. The van der Waals surface area contributed by atoms with Crippen LogP contribution in [0, 0.1) is 10.1 Å². The molecular formula is C21H15ClN6O3S. The molecule has 160 valence electrons. The zero-order valence-electron chi connectivity index (χ0n) is 16.4. The molecule has 1 N–H and O–H groups in total. The van der Waals surface area contributed by atoms with Gasteiger partial charge >= 0.3 is 0 Å². The molecule has 0 saturated heterocycles. The average Bonchev–Trinajstić information content (AvgIpc) is 3.27. The first-order valence-corrected chi connectivity index (χ1v) is 10.7. The first-order valence-electron chi connectivity index (χ1n) is 9.31. The van der Waals surface area contributed by atoms with Gasteiger partial charge in [-0.1, -0.05) is 35.5 Å². The van der Waals surface area contributed by atoms with Gasteiger partial charge in [0.25, 0.3) is 5.69 Å². The largest absolute Gasteiger partial charge is 0.325 e. The Kier molecular flexibility index (Phi) is 6.43. The van der Waals surface area contributed by atoms with Crippen molar-refractivity contribution in [2.24, 2.45) is 0 Å². The third-order valence-electron chi connectivity index (χ3n) is 4.42. The average molecular weight is 467 g/mol. The SMILES string of the molecule is O=C(CSc1nnnn1-c1ccc(Cl)cc1)Nc1ccc(-c2ccc([N+](=O)[O-])cc2)cc1. The van der Waals surface area contributed by atoms with Crippen LogP contribution in [0.4, 0.5) is 11.4 Å². The van der Waals surface area contributed by atoms with Gasteiger partial charge in [0.2, 0.25) is 11.1 Å². The lowest BCUT2D eigenvalue weighted by Gasteiger charge is -2.07. The van der Waals surface area contributed by atoms with E-state index in [-0.39, 0.29) is 17.3 Å². The van der Waals surface area contributed by atoms with Gasteiger partial charge in [0.1, 0.15) is 0 Å². The molecule has 32 heavy (non-hydrogen) atoms. The molecule has 0 bridgehead atoms. The Balaban J connectivity index is 1.35. The molecule has 1 heterocycles. The number of carbonyl (C=O) groups is 1. The van der Waals surface area contributed by atoms with Crippen LogP contribution >= 0.6 is 23.4 Å². The summed E-state index contributed by atoms with van der Waals surface area (Å²) in [4.78, 5) is 22.7. The summed E-state index contributed by atoms with van der Waals surface area (Å²) in [5.41, 5.74) is 3.15. The molecule has 1 amide bonds. The van der Waals surface area contributed by atoms with Crippen molar-refractivity contribution < 1.29 is 9.72 Å². The minimum Gasteiger partial charge on any atom is -0.325 e. The van der Waals surface area contributed by atoms with Crippen molar-refractivity contribution in [3.8, 4) is 16.8 Å². The molecule has 3 aromatic carbocycles. The minimum absolute atomic E-state index is 0.0391. The molecule has 0 saturated carbocycles. The van der Waals surface area contributed by atoms with Crippen LogP contribution in [0.5, 0.6) is 0 Å². The Morgan fingerprint density at radius 3 is 2.25 bits per heavy atom. The topological polar surface area (TPSA) is 116 Å². The van der Waals surface area contributed by atoms with Crippen LogP contribution in [0.15, 0.2) is 78.0 Å². The fourth-order valence-corrected chi connectivity index (χ4v) is 3.68. The maximum atomic E-state index is 12.4. The van der Waals surface area contributed by atoms with Crippen LogP contribution in [0.1, 0.15) is 0 Å². The maximum absolute atomic E-state index is 12.4. The lowest BCUT2D eigenvalue weighted by Crippen LogP contribution is -2.14. The number of nitrogens with one attached hydrogen (secondary N) is 1. The van der Waals surface area contributed by atoms with Gasteiger partial charge in [-0.2, -0.15) is 4.68 Å². The van der Waals surface area contributed by atoms with E-state index in [1.807, 2.05) is 12.1 Å². The van der Waals surface area contributed by atoms with E-state index in [2.05, 4.69) is 20.8 Å². The molecule has 0 aliphatic heterocycles. The Morgan fingerprint density at radius 1 is 1.00 bits per heavy atom. The molecule has 11 heteroatoms. The zero-order chi connectivity index (χ0) is 22.5. The van der Waals surface area contributed by atoms with Crippen molar-refractivity contribution in [1.29, 1.82) is 0 Å². The molecule has 1 aromatic heterocycles. The highest BCUT2D eigenvalue weighted by Crippen LogP contribution is 2.24. The van der Waals surface area contributed by atoms with Gasteiger partial charge in [0, 0.05) is 22.8 Å². The van der Waals surface area contributed by atoms with Crippen LogP contribution in [-0.4, -0.2) is 36.8 Å². The lowest BCUT2D eigenvalue weighted by atomic mass is 10.1. The number of benzene rings is 3. The number of nitro groups is 1. The summed E-state index contributed by atoms with van der Waals surface area (Å²) >= 11 is 7.12. The number of carbonyl (C=O) groups excluding carboxylic acids is 1. The smallest absolute Gasteiger partial charge is 0.269 e. The summed E-state index contributed by atoms with van der Waals surface area (Å²) in [6, 6.07) is 20.6. The van der Waals surface area contributed by atoms with Gasteiger partial charge < -0.3 is 5.32 Å². The highest BCUT2D eigenvalue weighted by atomic mass is 35.5. The van der Waals surface area contributed by atoms with Gasteiger partial charge in [0.05, 0.1) is 16.4 Å². The number of non-ortho nitro benzene ring substituents is 1. The van der Waals surface area contributed by atoms with E-state index in [9.17, 15) is 14.9 Å². The van der Waals surface area contributed by atoms with Crippen LogP contribution in [0.3, 0.4) is 0 Å². The number of aromatic nitrogens is 4. The van der Waals surface area contributed by atoms with Gasteiger partial charge in [-0.3, -0.25) is 14.9 Å². The normalized spacial score (nSPS) is 10.7. The molecule has 0 aliphatic rings. The maximum Gasteiger partial charge on any atom is 0.269 e. The molecule has 0 spiro atoms. The summed E-state index contributed by atoms with van der Waals surface area (Å²) in [7, 11) is 0. The Labute approximate surface area is 191 Å². The Bertz CT molecular complexity index is 1240. The molecular weight excluding hydrogens is 452 g/mol. The van der Waals surface area contributed by atoms with E-state index in [0.29, 0.717) is 15.9 Å². The fraction of sp³-hybridized carbons (Fsp3) is 0.0476. The number of tetrazole rings is 1. The number of hydrogen-bond donors (Lipinski definition) is 1. The van der Waals surface area contributed by atoms with Crippen molar-refractivity contribution in [2.45, 2.75) is 5.16 Å². The second kappa shape index (κ2) is 9.58. The third-order valence-corrected chi connectivity index (χ3v) is 5.60. The van der Waals surface area contributed by atoms with Crippen LogP contribution in [-0.2, 0) is 4.79 Å². The van der Waals surface area contributed by atoms with Crippen molar-refractivity contribution in [3.05, 3.63) is 87.9 Å². The number of rotatable bonds is 7. The van der Waals surface area contributed by atoms with E-state index >= 15 is 0 Å². The number of nitrogens with zero attached hydrogens (tertiary/aromatic N) is 5. The van der Waals surface area contributed by atoms with Crippen LogP contribution in [0.2, 0.25) is 5.02 Å². The van der Waals surface area contributed by atoms with E-state index < -0.39 is 4.92 Å². The van der Waals surface area contributed by atoms with Crippen molar-refractivity contribution in [1.82, 2.24) is 20.2 Å². The summed E-state index contributed by atoms with van der Waals surface area (Å²) in [5.74, 6) is -0.0818. The van der Waals surface area contributed by atoms with Crippen LogP contribution < -0.4 is 5.32 Å². The number of hydrogen-bond acceptors (Lipinski definition) is 7. The van der Waals surface area contributed by atoms with Crippen molar-refractivity contribution in [2.75, 3.05) is 11.1 Å². The molecule has 0 atom stereocenters. The molecule has 4 aromatic rings. The predicted octanol–water partition coefficient (Wildman–Crippen LogP) is 4.62. The molecule has 0 radical (unpaired) electrons. The molecule has 9 nitrogen and oxygen atoms in total. The Hall–Kier alpha value is -3.76. The summed E-state index contributed by atoms with van der Waals surface area (Å²) in [6.45, 7) is 0. The second-order valence-corrected chi connectivity index (χ2v) is 7.95. The monoisotopic (exact) mass is 466 g/mol. The van der Waals surface area contributed by atoms with Crippen molar-refractivity contribution >= 4 is 40.6 Å². The molecule has 4 rings (SSSR count). The molecule has 0 fully saturated rings. The Morgan fingerprint density at radius 2 is 1.62 bits per heavy atom. The number of anilines is 1. The number of amides is 1. The van der Waals surface area contributed by atoms with Gasteiger partial charge in [0.15, 0.2) is 0 Å². The van der Waals surface area contributed by atoms with E-state index in [4.69, 9.17) is 11.6 Å². The zero-order valence-corrected chi connectivity index (χ0v) is 18.0. The van der Waals surface area contributed by atoms with Gasteiger partial charge in [-0.15, -0.1) is 5.10 Å².